The predicted molar refractivity (Wildman–Crippen MR) is 129 cm³/mol. The van der Waals surface area contributed by atoms with E-state index in [2.05, 4.69) is 15.1 Å². The van der Waals surface area contributed by atoms with Crippen LogP contribution >= 0.6 is 0 Å². The molecule has 2 heterocycles. The highest BCUT2D eigenvalue weighted by atomic mass is 16.5. The summed E-state index contributed by atoms with van der Waals surface area (Å²) >= 11 is 0. The van der Waals surface area contributed by atoms with E-state index < -0.39 is 0 Å². The van der Waals surface area contributed by atoms with Crippen LogP contribution in [0.3, 0.4) is 0 Å². The smallest absolute Gasteiger partial charge is 0.251 e. The lowest BCUT2D eigenvalue weighted by molar-refractivity contribution is 0.0911. The van der Waals surface area contributed by atoms with Crippen LogP contribution in [0.5, 0.6) is 11.5 Å². The quantitative estimate of drug-likeness (QED) is 0.567. The summed E-state index contributed by atoms with van der Waals surface area (Å²) in [4.78, 5) is 17.7. The highest BCUT2D eigenvalue weighted by Crippen LogP contribution is 2.22. The van der Waals surface area contributed by atoms with Crippen LogP contribution < -0.4 is 10.1 Å². The van der Waals surface area contributed by atoms with E-state index in [9.17, 15) is 4.79 Å². The molecule has 5 nitrogen and oxygen atoms in total. The lowest BCUT2D eigenvalue weighted by atomic mass is 10.00. The standard InChI is InChI=1S/C27H37N3O2/c31-27(23-11-13-26(14-12-23)32-25-9-3-1-4-10-25)28-17-5-8-18-29-21-15-24(16-22-29)30-19-6-2-7-20-30/h1,3-4,9-14,24H,2,5-8,15-22H2,(H,28,31). The Morgan fingerprint density at radius 1 is 0.844 bits per heavy atom. The normalized spacial score (nSPS) is 18.4. The third-order valence-electron chi connectivity index (χ3n) is 6.75. The largest absolute Gasteiger partial charge is 0.457 e. The average Bonchev–Trinajstić information content (AvgIpc) is 2.86. The number of unbranched alkanes of at least 4 members (excludes halogenated alkanes) is 1. The number of likely N-dealkylation sites (tertiary alicyclic amines) is 2. The van der Waals surface area contributed by atoms with Crippen LogP contribution in [0.1, 0.15) is 55.3 Å². The number of para-hydroxylation sites is 1. The van der Waals surface area contributed by atoms with Crippen molar-refractivity contribution < 1.29 is 9.53 Å². The van der Waals surface area contributed by atoms with Crippen molar-refractivity contribution in [1.82, 2.24) is 15.1 Å². The second-order valence-electron chi connectivity index (χ2n) is 9.07. The molecule has 0 spiro atoms. The maximum absolute atomic E-state index is 12.4. The molecular weight excluding hydrogens is 398 g/mol. The number of nitrogens with zero attached hydrogens (tertiary/aromatic N) is 2. The Kier molecular flexibility index (Phi) is 8.57. The average molecular weight is 436 g/mol. The summed E-state index contributed by atoms with van der Waals surface area (Å²) in [6.07, 6.45) is 8.99. The first-order valence-electron chi connectivity index (χ1n) is 12.4. The van der Waals surface area contributed by atoms with Gasteiger partial charge in [-0.3, -0.25) is 4.79 Å². The van der Waals surface area contributed by atoms with Gasteiger partial charge in [-0.2, -0.15) is 0 Å². The number of amides is 1. The summed E-state index contributed by atoms with van der Waals surface area (Å²) in [5, 5.41) is 3.05. The molecule has 0 aliphatic carbocycles. The summed E-state index contributed by atoms with van der Waals surface area (Å²) in [6.45, 7) is 6.95. The van der Waals surface area contributed by atoms with Crippen molar-refractivity contribution in [2.45, 2.75) is 51.0 Å². The molecule has 0 bridgehead atoms. The molecule has 5 heteroatoms. The van der Waals surface area contributed by atoms with Gasteiger partial charge in [-0.15, -0.1) is 0 Å². The minimum absolute atomic E-state index is 0.0152. The van der Waals surface area contributed by atoms with Crippen molar-refractivity contribution >= 4 is 5.91 Å². The van der Waals surface area contributed by atoms with Gasteiger partial charge in [-0.05, 0) is 108 Å². The molecule has 1 amide bonds. The molecule has 2 saturated heterocycles. The monoisotopic (exact) mass is 435 g/mol. The number of ether oxygens (including phenoxy) is 1. The molecule has 172 valence electrons. The number of carbonyl (C=O) groups excluding carboxylic acids is 1. The van der Waals surface area contributed by atoms with Crippen molar-refractivity contribution in [3.63, 3.8) is 0 Å². The van der Waals surface area contributed by atoms with Gasteiger partial charge in [-0.1, -0.05) is 24.6 Å². The Morgan fingerprint density at radius 3 is 2.25 bits per heavy atom. The zero-order valence-electron chi connectivity index (χ0n) is 19.2. The van der Waals surface area contributed by atoms with Crippen molar-refractivity contribution in [1.29, 1.82) is 0 Å². The molecule has 4 rings (SSSR count). The van der Waals surface area contributed by atoms with E-state index in [-0.39, 0.29) is 5.91 Å². The van der Waals surface area contributed by atoms with E-state index in [1.807, 2.05) is 54.6 Å². The van der Waals surface area contributed by atoms with E-state index in [0.717, 1.165) is 43.5 Å². The van der Waals surface area contributed by atoms with E-state index in [0.29, 0.717) is 5.56 Å². The molecule has 1 N–H and O–H groups in total. The molecule has 0 aromatic heterocycles. The first-order chi connectivity index (χ1) is 15.8. The topological polar surface area (TPSA) is 44.8 Å². The van der Waals surface area contributed by atoms with Crippen molar-refractivity contribution in [3.05, 3.63) is 60.2 Å². The number of benzene rings is 2. The zero-order valence-corrected chi connectivity index (χ0v) is 19.2. The fourth-order valence-electron chi connectivity index (χ4n) is 4.85. The predicted octanol–water partition coefficient (Wildman–Crippen LogP) is 4.94. The number of hydrogen-bond acceptors (Lipinski definition) is 4. The van der Waals surface area contributed by atoms with E-state index >= 15 is 0 Å². The summed E-state index contributed by atoms with van der Waals surface area (Å²) in [6, 6.07) is 17.8. The van der Waals surface area contributed by atoms with Gasteiger partial charge >= 0.3 is 0 Å². The molecule has 2 aromatic rings. The molecular formula is C27H37N3O2. The van der Waals surface area contributed by atoms with Gasteiger partial charge in [0, 0.05) is 18.2 Å². The van der Waals surface area contributed by atoms with Crippen LogP contribution in [0, 0.1) is 0 Å². The maximum atomic E-state index is 12.4. The number of rotatable bonds is 9. The van der Waals surface area contributed by atoms with E-state index in [1.165, 1.54) is 58.3 Å². The Hall–Kier alpha value is -2.37. The molecule has 0 saturated carbocycles. The molecule has 0 atom stereocenters. The van der Waals surface area contributed by atoms with E-state index in [4.69, 9.17) is 4.74 Å². The number of nitrogens with one attached hydrogen (secondary N) is 1. The zero-order chi connectivity index (χ0) is 22.0. The van der Waals surface area contributed by atoms with Gasteiger partial charge in [0.15, 0.2) is 0 Å². The minimum atomic E-state index is -0.0152. The second-order valence-corrected chi connectivity index (χ2v) is 9.07. The van der Waals surface area contributed by atoms with Gasteiger partial charge in [0.1, 0.15) is 11.5 Å². The maximum Gasteiger partial charge on any atom is 0.251 e. The van der Waals surface area contributed by atoms with Gasteiger partial charge in [0.25, 0.3) is 5.91 Å². The van der Waals surface area contributed by atoms with Gasteiger partial charge in [0.05, 0.1) is 0 Å². The summed E-state index contributed by atoms with van der Waals surface area (Å²) in [7, 11) is 0. The van der Waals surface area contributed by atoms with Crippen LogP contribution in [-0.4, -0.2) is 61.0 Å². The number of piperidine rings is 2. The molecule has 32 heavy (non-hydrogen) atoms. The SMILES string of the molecule is O=C(NCCCCN1CCC(N2CCCCC2)CC1)c1ccc(Oc2ccccc2)cc1. The first kappa shape index (κ1) is 22.8. The Labute approximate surface area is 192 Å². The van der Waals surface area contributed by atoms with Crippen LogP contribution in [0.2, 0.25) is 0 Å². The first-order valence-corrected chi connectivity index (χ1v) is 12.4. The second kappa shape index (κ2) is 12.0. The summed E-state index contributed by atoms with van der Waals surface area (Å²) in [5.41, 5.74) is 0.671. The van der Waals surface area contributed by atoms with Crippen LogP contribution in [-0.2, 0) is 0 Å². The number of carbonyl (C=O) groups is 1. The van der Waals surface area contributed by atoms with Crippen molar-refractivity contribution in [3.8, 4) is 11.5 Å². The van der Waals surface area contributed by atoms with Crippen molar-refractivity contribution in [2.24, 2.45) is 0 Å². The lowest BCUT2D eigenvalue weighted by Crippen LogP contribution is -2.46. The highest BCUT2D eigenvalue weighted by Gasteiger charge is 2.25. The van der Waals surface area contributed by atoms with E-state index in [1.54, 1.807) is 0 Å². The van der Waals surface area contributed by atoms with Crippen LogP contribution in [0.25, 0.3) is 0 Å². The molecule has 2 aliphatic rings. The molecule has 0 unspecified atom stereocenters. The van der Waals surface area contributed by atoms with Gasteiger partial charge < -0.3 is 19.9 Å². The fraction of sp³-hybridized carbons (Fsp3) is 0.519. The van der Waals surface area contributed by atoms with Gasteiger partial charge in [-0.25, -0.2) is 0 Å². The summed E-state index contributed by atoms with van der Waals surface area (Å²) < 4.78 is 5.79. The molecule has 0 radical (unpaired) electrons. The Morgan fingerprint density at radius 2 is 1.53 bits per heavy atom. The lowest BCUT2D eigenvalue weighted by Gasteiger charge is -2.40. The fourth-order valence-corrected chi connectivity index (χ4v) is 4.85. The molecule has 2 aromatic carbocycles. The highest BCUT2D eigenvalue weighted by molar-refractivity contribution is 5.94. The van der Waals surface area contributed by atoms with Crippen LogP contribution in [0.15, 0.2) is 54.6 Å². The third-order valence-corrected chi connectivity index (χ3v) is 6.75. The Balaban J connectivity index is 1.09. The van der Waals surface area contributed by atoms with Crippen molar-refractivity contribution in [2.75, 3.05) is 39.3 Å². The Bertz CT molecular complexity index is 811. The number of hydrogen-bond donors (Lipinski definition) is 1. The minimum Gasteiger partial charge on any atom is -0.457 e. The third kappa shape index (κ3) is 6.81. The van der Waals surface area contributed by atoms with Gasteiger partial charge in [0.2, 0.25) is 0 Å². The molecule has 2 aliphatic heterocycles. The summed E-state index contributed by atoms with van der Waals surface area (Å²) in [5.74, 6) is 1.51. The molecule has 2 fully saturated rings. The van der Waals surface area contributed by atoms with Crippen LogP contribution in [0.4, 0.5) is 0 Å².